The highest BCUT2D eigenvalue weighted by Gasteiger charge is 2.29. The van der Waals surface area contributed by atoms with Crippen LogP contribution in [-0.4, -0.2) is 70.1 Å². The molecule has 1 fully saturated rings. The molecule has 2 aromatic rings. The van der Waals surface area contributed by atoms with Gasteiger partial charge in [0, 0.05) is 44.3 Å². The van der Waals surface area contributed by atoms with Gasteiger partial charge in [-0.05, 0) is 50.5 Å². The fraction of sp³-hybridized carbons (Fsp3) is 0.600. The van der Waals surface area contributed by atoms with Crippen LogP contribution in [0, 0.1) is 11.7 Å². The molecule has 182 valence electrons. The summed E-state index contributed by atoms with van der Waals surface area (Å²) in [6.45, 7) is 15.5. The molecular formula is C25H37ClFN5O. The zero-order chi connectivity index (χ0) is 24.1. The number of aromatic nitrogens is 2. The number of carbonyl (C=O) groups excluding carboxylic acids is 1. The van der Waals surface area contributed by atoms with Crippen LogP contribution in [0.2, 0.25) is 0 Å². The van der Waals surface area contributed by atoms with Crippen molar-refractivity contribution in [2.24, 2.45) is 5.92 Å². The van der Waals surface area contributed by atoms with E-state index in [1.54, 1.807) is 12.1 Å². The first-order valence-corrected chi connectivity index (χ1v) is 12.5. The topological polar surface area (TPSA) is 44.6 Å². The number of alkyl halides is 1. The van der Waals surface area contributed by atoms with E-state index in [1.165, 1.54) is 12.1 Å². The lowest BCUT2D eigenvalue weighted by molar-refractivity contribution is -0.129. The third-order valence-corrected chi connectivity index (χ3v) is 6.42. The Morgan fingerprint density at radius 1 is 1.12 bits per heavy atom. The van der Waals surface area contributed by atoms with Gasteiger partial charge in [-0.1, -0.05) is 20.8 Å². The number of carbonyl (C=O) groups is 1. The average molecular weight is 478 g/mol. The lowest BCUT2D eigenvalue weighted by Crippen LogP contribution is -2.49. The van der Waals surface area contributed by atoms with Crippen LogP contribution in [0.15, 0.2) is 24.3 Å². The van der Waals surface area contributed by atoms with Gasteiger partial charge in [-0.3, -0.25) is 9.69 Å². The van der Waals surface area contributed by atoms with Crippen LogP contribution in [-0.2, 0) is 17.8 Å². The Bertz CT molecular complexity index is 920. The Morgan fingerprint density at radius 3 is 2.27 bits per heavy atom. The third kappa shape index (κ3) is 6.07. The molecule has 0 spiro atoms. The maximum atomic E-state index is 13.6. The van der Waals surface area contributed by atoms with Crippen LogP contribution in [0.3, 0.4) is 0 Å². The maximum Gasteiger partial charge on any atom is 0.237 e. The predicted molar refractivity (Wildman–Crippen MR) is 133 cm³/mol. The Balaban J connectivity index is 2.07. The van der Waals surface area contributed by atoms with Crippen LogP contribution >= 0.6 is 11.6 Å². The highest BCUT2D eigenvalue weighted by atomic mass is 35.5. The van der Waals surface area contributed by atoms with Gasteiger partial charge in [0.15, 0.2) is 0 Å². The van der Waals surface area contributed by atoms with Gasteiger partial charge in [-0.2, -0.15) is 5.10 Å². The fourth-order valence-corrected chi connectivity index (χ4v) is 4.61. The molecule has 1 saturated heterocycles. The molecule has 1 aliphatic heterocycles. The van der Waals surface area contributed by atoms with Gasteiger partial charge in [0.1, 0.15) is 17.5 Å². The second-order valence-corrected chi connectivity index (χ2v) is 9.68. The van der Waals surface area contributed by atoms with E-state index in [0.717, 1.165) is 55.4 Å². The quantitative estimate of drug-likeness (QED) is 0.504. The predicted octanol–water partition coefficient (Wildman–Crippen LogP) is 4.33. The minimum atomic E-state index is -0.273. The number of aryl methyl sites for hydroxylation is 1. The van der Waals surface area contributed by atoms with E-state index in [0.29, 0.717) is 25.0 Å². The summed E-state index contributed by atoms with van der Waals surface area (Å²) in [4.78, 5) is 19.4. The molecule has 8 heteroatoms. The molecular weight excluding hydrogens is 441 g/mol. The summed E-state index contributed by atoms with van der Waals surface area (Å²) in [5.74, 6) is 0.940. The monoisotopic (exact) mass is 477 g/mol. The highest BCUT2D eigenvalue weighted by molar-refractivity contribution is 6.27. The SMILES string of the molecule is CCc1nn(-c2ccc(F)cc2)c(N2CCN(C(C)C)CC2)c1CN(CC(C)C)C(=O)CCl. The van der Waals surface area contributed by atoms with E-state index in [9.17, 15) is 9.18 Å². The molecule has 2 heterocycles. The number of piperazine rings is 1. The van der Waals surface area contributed by atoms with Crippen molar-refractivity contribution in [2.75, 3.05) is 43.5 Å². The second kappa shape index (κ2) is 11.3. The smallest absolute Gasteiger partial charge is 0.237 e. The number of amides is 1. The van der Waals surface area contributed by atoms with Crippen molar-refractivity contribution < 1.29 is 9.18 Å². The largest absolute Gasteiger partial charge is 0.354 e. The number of nitrogens with zero attached hydrogens (tertiary/aromatic N) is 5. The molecule has 0 atom stereocenters. The van der Waals surface area contributed by atoms with Crippen molar-refractivity contribution in [1.29, 1.82) is 0 Å². The van der Waals surface area contributed by atoms with E-state index in [1.807, 2.05) is 9.58 Å². The Labute approximate surface area is 202 Å². The maximum absolute atomic E-state index is 13.6. The number of benzene rings is 1. The molecule has 0 unspecified atom stereocenters. The Kier molecular flexibility index (Phi) is 8.76. The van der Waals surface area contributed by atoms with Crippen molar-refractivity contribution in [3.63, 3.8) is 0 Å². The Hall–Kier alpha value is -2.12. The van der Waals surface area contributed by atoms with E-state index in [-0.39, 0.29) is 17.6 Å². The summed E-state index contributed by atoms with van der Waals surface area (Å²) in [5, 5.41) is 4.94. The average Bonchev–Trinajstić information content (AvgIpc) is 3.16. The molecule has 0 saturated carbocycles. The first-order valence-electron chi connectivity index (χ1n) is 11.9. The minimum Gasteiger partial charge on any atom is -0.354 e. The number of hydrogen-bond acceptors (Lipinski definition) is 4. The third-order valence-electron chi connectivity index (χ3n) is 6.19. The zero-order valence-electron chi connectivity index (χ0n) is 20.5. The standard InChI is InChI=1S/C25H37ClFN5O/c1-6-23-22(17-31(16-18(2)3)24(33)15-26)25(30-13-11-29(12-14-30)19(4)5)32(28-23)21-9-7-20(27)8-10-21/h7-10,18-19H,6,11-17H2,1-5H3. The number of hydrogen-bond donors (Lipinski definition) is 0. The van der Waals surface area contributed by atoms with Gasteiger partial charge in [-0.15, -0.1) is 11.6 Å². The van der Waals surface area contributed by atoms with Crippen molar-refractivity contribution in [3.05, 3.63) is 41.3 Å². The van der Waals surface area contributed by atoms with Gasteiger partial charge < -0.3 is 9.80 Å². The molecule has 0 N–H and O–H groups in total. The molecule has 1 aromatic heterocycles. The van der Waals surface area contributed by atoms with Crippen molar-refractivity contribution >= 4 is 23.3 Å². The lowest BCUT2D eigenvalue weighted by atomic mass is 10.1. The summed E-state index contributed by atoms with van der Waals surface area (Å²) >= 11 is 5.96. The molecule has 1 aromatic carbocycles. The Morgan fingerprint density at radius 2 is 1.76 bits per heavy atom. The number of anilines is 1. The highest BCUT2D eigenvalue weighted by Crippen LogP contribution is 2.31. The molecule has 0 aliphatic carbocycles. The summed E-state index contributed by atoms with van der Waals surface area (Å²) < 4.78 is 15.6. The summed E-state index contributed by atoms with van der Waals surface area (Å²) in [6.07, 6.45) is 0.743. The van der Waals surface area contributed by atoms with E-state index >= 15 is 0 Å². The molecule has 1 amide bonds. The van der Waals surface area contributed by atoms with E-state index in [2.05, 4.69) is 44.4 Å². The molecule has 3 rings (SSSR count). The first kappa shape index (κ1) is 25.5. The van der Waals surface area contributed by atoms with Gasteiger partial charge in [0.05, 0.1) is 17.9 Å². The van der Waals surface area contributed by atoms with Crippen LogP contribution in [0.4, 0.5) is 10.2 Å². The van der Waals surface area contributed by atoms with Crippen LogP contribution < -0.4 is 4.90 Å². The van der Waals surface area contributed by atoms with E-state index < -0.39 is 0 Å². The van der Waals surface area contributed by atoms with E-state index in [4.69, 9.17) is 16.7 Å². The summed E-state index contributed by atoms with van der Waals surface area (Å²) in [5.41, 5.74) is 2.83. The van der Waals surface area contributed by atoms with Crippen molar-refractivity contribution in [1.82, 2.24) is 19.6 Å². The van der Waals surface area contributed by atoms with Crippen molar-refractivity contribution in [3.8, 4) is 5.69 Å². The van der Waals surface area contributed by atoms with Gasteiger partial charge in [0.2, 0.25) is 5.91 Å². The van der Waals surface area contributed by atoms with Crippen LogP contribution in [0.25, 0.3) is 5.69 Å². The zero-order valence-corrected chi connectivity index (χ0v) is 21.3. The molecule has 33 heavy (non-hydrogen) atoms. The van der Waals surface area contributed by atoms with Gasteiger partial charge >= 0.3 is 0 Å². The van der Waals surface area contributed by atoms with Crippen LogP contribution in [0.1, 0.15) is 45.9 Å². The second-order valence-electron chi connectivity index (χ2n) is 9.41. The first-order chi connectivity index (χ1) is 15.7. The van der Waals surface area contributed by atoms with Gasteiger partial charge in [0.25, 0.3) is 0 Å². The molecule has 0 radical (unpaired) electrons. The molecule has 1 aliphatic rings. The molecule has 0 bridgehead atoms. The minimum absolute atomic E-state index is 0.0390. The fourth-order valence-electron chi connectivity index (χ4n) is 4.44. The normalized spacial score (nSPS) is 15.0. The van der Waals surface area contributed by atoms with Crippen molar-refractivity contribution in [2.45, 2.75) is 53.6 Å². The van der Waals surface area contributed by atoms with Crippen LogP contribution in [0.5, 0.6) is 0 Å². The van der Waals surface area contributed by atoms with Gasteiger partial charge in [-0.25, -0.2) is 9.07 Å². The number of rotatable bonds is 9. The summed E-state index contributed by atoms with van der Waals surface area (Å²) in [7, 11) is 0. The molecule has 6 nitrogen and oxygen atoms in total. The lowest BCUT2D eigenvalue weighted by Gasteiger charge is -2.38. The number of halogens is 2. The summed E-state index contributed by atoms with van der Waals surface area (Å²) in [6, 6.07) is 6.95.